The maximum atomic E-state index is 10.3. The lowest BCUT2D eigenvalue weighted by Gasteiger charge is -2.37. The Balaban J connectivity index is 1.88. The monoisotopic (exact) mass is 254 g/mol. The van der Waals surface area contributed by atoms with Gasteiger partial charge in [0.25, 0.3) is 0 Å². The molecule has 3 nitrogen and oxygen atoms in total. The van der Waals surface area contributed by atoms with Crippen LogP contribution < -0.4 is 5.32 Å². The number of hydrogen-bond acceptors (Lipinski definition) is 3. The summed E-state index contributed by atoms with van der Waals surface area (Å²) in [4.78, 5) is 2.53. The van der Waals surface area contributed by atoms with Crippen molar-refractivity contribution < 1.29 is 5.11 Å². The molecule has 1 saturated carbocycles. The highest BCUT2D eigenvalue weighted by molar-refractivity contribution is 4.85. The van der Waals surface area contributed by atoms with E-state index in [-0.39, 0.29) is 6.10 Å². The maximum Gasteiger partial charge on any atom is 0.0695 e. The Kier molecular flexibility index (Phi) is 5.93. The first-order valence-corrected chi connectivity index (χ1v) is 7.96. The lowest BCUT2D eigenvalue weighted by molar-refractivity contribution is 0.0399. The molecule has 2 aliphatic rings. The average Bonchev–Trinajstić information content (AvgIpc) is 2.62. The maximum absolute atomic E-state index is 10.3. The molecule has 0 spiro atoms. The zero-order valence-corrected chi connectivity index (χ0v) is 11.9. The summed E-state index contributed by atoms with van der Waals surface area (Å²) in [6, 6.07) is 1.05. The summed E-state index contributed by atoms with van der Waals surface area (Å²) in [6.07, 6.45) is 9.87. The molecular weight excluding hydrogens is 224 g/mol. The highest BCUT2D eigenvalue weighted by atomic mass is 16.3. The first-order valence-electron chi connectivity index (χ1n) is 7.96. The van der Waals surface area contributed by atoms with Crippen LogP contribution in [0.15, 0.2) is 0 Å². The van der Waals surface area contributed by atoms with Gasteiger partial charge in [-0.15, -0.1) is 0 Å². The summed E-state index contributed by atoms with van der Waals surface area (Å²) < 4.78 is 0. The number of nitrogens with one attached hydrogen (secondary N) is 1. The lowest BCUT2D eigenvalue weighted by Crippen LogP contribution is -2.50. The zero-order chi connectivity index (χ0) is 12.8. The number of piperidine rings is 1. The van der Waals surface area contributed by atoms with E-state index in [2.05, 4.69) is 17.1 Å². The molecule has 1 heterocycles. The van der Waals surface area contributed by atoms with Gasteiger partial charge in [-0.3, -0.25) is 4.90 Å². The molecule has 1 aliphatic heterocycles. The fraction of sp³-hybridized carbons (Fsp3) is 1.00. The molecule has 2 rings (SSSR count). The molecule has 1 saturated heterocycles. The largest absolute Gasteiger partial charge is 0.391 e. The Labute approximate surface area is 112 Å². The van der Waals surface area contributed by atoms with Crippen LogP contribution in [0.4, 0.5) is 0 Å². The van der Waals surface area contributed by atoms with Crippen LogP contribution in [0.25, 0.3) is 0 Å². The molecule has 3 unspecified atom stereocenters. The molecule has 0 aromatic rings. The molecule has 0 aromatic heterocycles. The molecule has 18 heavy (non-hydrogen) atoms. The van der Waals surface area contributed by atoms with Gasteiger partial charge in [0.2, 0.25) is 0 Å². The first kappa shape index (κ1) is 14.3. The molecule has 2 N–H and O–H groups in total. The molecule has 3 atom stereocenters. The van der Waals surface area contributed by atoms with Crippen LogP contribution in [-0.2, 0) is 0 Å². The summed E-state index contributed by atoms with van der Waals surface area (Å²) in [5.41, 5.74) is 0. The van der Waals surface area contributed by atoms with Gasteiger partial charge in [0.1, 0.15) is 0 Å². The van der Waals surface area contributed by atoms with Gasteiger partial charge in [0.15, 0.2) is 0 Å². The van der Waals surface area contributed by atoms with E-state index >= 15 is 0 Å². The van der Waals surface area contributed by atoms with Crippen molar-refractivity contribution in [1.82, 2.24) is 10.2 Å². The summed E-state index contributed by atoms with van der Waals surface area (Å²) in [5.74, 6) is 0. The van der Waals surface area contributed by atoms with Gasteiger partial charge in [-0.1, -0.05) is 32.6 Å². The van der Waals surface area contributed by atoms with Crippen LogP contribution >= 0.6 is 0 Å². The van der Waals surface area contributed by atoms with Gasteiger partial charge < -0.3 is 10.4 Å². The number of likely N-dealkylation sites (N-methyl/N-ethyl adjacent to an activating group) is 1. The summed E-state index contributed by atoms with van der Waals surface area (Å²) in [6.45, 7) is 5.61. The third-order valence-corrected chi connectivity index (χ3v) is 4.69. The Morgan fingerprint density at radius 2 is 1.83 bits per heavy atom. The number of hydrogen-bond donors (Lipinski definition) is 2. The van der Waals surface area contributed by atoms with E-state index in [0.29, 0.717) is 12.1 Å². The summed E-state index contributed by atoms with van der Waals surface area (Å²) in [5, 5.41) is 13.9. The predicted octanol–water partition coefficient (Wildman–Crippen LogP) is 2.14. The van der Waals surface area contributed by atoms with Gasteiger partial charge in [-0.05, 0) is 38.8 Å². The van der Waals surface area contributed by atoms with Gasteiger partial charge in [0.05, 0.1) is 6.10 Å². The third-order valence-electron chi connectivity index (χ3n) is 4.69. The van der Waals surface area contributed by atoms with Crippen LogP contribution in [-0.4, -0.2) is 47.8 Å². The van der Waals surface area contributed by atoms with Crippen molar-refractivity contribution in [3.63, 3.8) is 0 Å². The molecule has 0 aromatic carbocycles. The number of aliphatic hydroxyl groups excluding tert-OH is 1. The first-order chi connectivity index (χ1) is 8.81. The molecule has 1 aliphatic carbocycles. The van der Waals surface area contributed by atoms with Crippen molar-refractivity contribution in [2.45, 2.75) is 76.5 Å². The van der Waals surface area contributed by atoms with Crippen molar-refractivity contribution in [2.24, 2.45) is 0 Å². The molecule has 0 amide bonds. The standard InChI is InChI=1S/C15H30N2O/c1-2-17(12-13-8-6-7-11-16-13)14-9-4-3-5-10-15(14)18/h13-16,18H,2-12H2,1H3. The second-order valence-electron chi connectivity index (χ2n) is 6.01. The molecule has 2 fully saturated rings. The predicted molar refractivity (Wildman–Crippen MR) is 75.8 cm³/mol. The molecular formula is C15H30N2O. The fourth-order valence-electron chi connectivity index (χ4n) is 3.56. The van der Waals surface area contributed by atoms with E-state index in [9.17, 15) is 5.11 Å². The second-order valence-corrected chi connectivity index (χ2v) is 6.01. The SMILES string of the molecule is CCN(CC1CCCCN1)C1CCCCCC1O. The minimum atomic E-state index is -0.101. The van der Waals surface area contributed by atoms with E-state index in [1.54, 1.807) is 0 Å². The van der Waals surface area contributed by atoms with E-state index in [1.165, 1.54) is 51.5 Å². The summed E-state index contributed by atoms with van der Waals surface area (Å²) >= 11 is 0. The van der Waals surface area contributed by atoms with Crippen LogP contribution in [0.5, 0.6) is 0 Å². The summed E-state index contributed by atoms with van der Waals surface area (Å²) in [7, 11) is 0. The van der Waals surface area contributed by atoms with Crippen LogP contribution in [0, 0.1) is 0 Å². The molecule has 0 bridgehead atoms. The highest BCUT2D eigenvalue weighted by Crippen LogP contribution is 2.23. The van der Waals surface area contributed by atoms with Gasteiger partial charge >= 0.3 is 0 Å². The fourth-order valence-corrected chi connectivity index (χ4v) is 3.56. The Hall–Kier alpha value is -0.120. The van der Waals surface area contributed by atoms with Crippen molar-refractivity contribution in [3.05, 3.63) is 0 Å². The Morgan fingerprint density at radius 3 is 2.56 bits per heavy atom. The van der Waals surface area contributed by atoms with Gasteiger partial charge in [-0.2, -0.15) is 0 Å². The molecule has 0 radical (unpaired) electrons. The Morgan fingerprint density at radius 1 is 1.06 bits per heavy atom. The van der Waals surface area contributed by atoms with Crippen molar-refractivity contribution in [3.8, 4) is 0 Å². The topological polar surface area (TPSA) is 35.5 Å². The quantitative estimate of drug-likeness (QED) is 0.755. The van der Waals surface area contributed by atoms with E-state index in [1.807, 2.05) is 0 Å². The van der Waals surface area contributed by atoms with Crippen molar-refractivity contribution in [2.75, 3.05) is 19.6 Å². The number of aliphatic hydroxyl groups is 1. The zero-order valence-electron chi connectivity index (χ0n) is 11.9. The van der Waals surface area contributed by atoms with Gasteiger partial charge in [0, 0.05) is 18.6 Å². The molecule has 106 valence electrons. The second kappa shape index (κ2) is 7.46. The Bertz CT molecular complexity index is 229. The van der Waals surface area contributed by atoms with Crippen molar-refractivity contribution >= 4 is 0 Å². The van der Waals surface area contributed by atoms with Crippen molar-refractivity contribution in [1.29, 1.82) is 0 Å². The van der Waals surface area contributed by atoms with E-state index < -0.39 is 0 Å². The minimum absolute atomic E-state index is 0.101. The van der Waals surface area contributed by atoms with E-state index in [0.717, 1.165) is 19.5 Å². The smallest absolute Gasteiger partial charge is 0.0695 e. The van der Waals surface area contributed by atoms with Crippen LogP contribution in [0.2, 0.25) is 0 Å². The minimum Gasteiger partial charge on any atom is -0.391 e. The number of nitrogens with zero attached hydrogens (tertiary/aromatic N) is 1. The third kappa shape index (κ3) is 3.94. The number of rotatable bonds is 4. The van der Waals surface area contributed by atoms with Gasteiger partial charge in [-0.25, -0.2) is 0 Å². The van der Waals surface area contributed by atoms with E-state index in [4.69, 9.17) is 0 Å². The normalized spacial score (nSPS) is 34.5. The highest BCUT2D eigenvalue weighted by Gasteiger charge is 2.28. The van der Waals surface area contributed by atoms with Crippen LogP contribution in [0.1, 0.15) is 58.3 Å². The van der Waals surface area contributed by atoms with Crippen LogP contribution in [0.3, 0.4) is 0 Å². The average molecular weight is 254 g/mol. The molecule has 3 heteroatoms. The lowest BCUT2D eigenvalue weighted by atomic mass is 10.0.